The molecule has 3 nitrogen and oxygen atoms in total. The molecule has 0 aliphatic carbocycles. The highest BCUT2D eigenvalue weighted by molar-refractivity contribution is 5.41. The molecule has 0 saturated carbocycles. The van der Waals surface area contributed by atoms with Crippen LogP contribution in [0.2, 0.25) is 0 Å². The van der Waals surface area contributed by atoms with E-state index in [1.54, 1.807) is 0 Å². The van der Waals surface area contributed by atoms with Crippen LogP contribution in [0.4, 0.5) is 0 Å². The molecular weight excluding hydrogens is 370 g/mol. The zero-order valence-corrected chi connectivity index (χ0v) is 19.4. The van der Waals surface area contributed by atoms with Gasteiger partial charge >= 0.3 is 0 Å². The average Bonchev–Trinajstić information content (AvgIpc) is 2.92. The van der Waals surface area contributed by atoms with Gasteiger partial charge in [0.05, 0.1) is 13.1 Å². The van der Waals surface area contributed by atoms with Crippen molar-refractivity contribution in [1.82, 2.24) is 0 Å². The van der Waals surface area contributed by atoms with Gasteiger partial charge in [0.15, 0.2) is 0 Å². The van der Waals surface area contributed by atoms with Gasteiger partial charge in [-0.3, -0.25) is 0 Å². The lowest BCUT2D eigenvalue weighted by Crippen LogP contribution is -2.53. The van der Waals surface area contributed by atoms with E-state index >= 15 is 0 Å². The second kappa shape index (κ2) is 9.98. The molecule has 0 unspecified atom stereocenters. The van der Waals surface area contributed by atoms with Gasteiger partial charge in [-0.15, -0.1) is 0 Å². The first kappa shape index (κ1) is 22.8. The largest absolute Gasteiger partial charge is 0.490 e. The molecule has 30 heavy (non-hydrogen) atoms. The minimum Gasteiger partial charge on any atom is -0.490 e. The molecule has 0 amide bonds. The van der Waals surface area contributed by atoms with Crippen molar-refractivity contribution in [2.24, 2.45) is 0 Å². The van der Waals surface area contributed by atoms with Gasteiger partial charge in [0.1, 0.15) is 31.5 Å². The van der Waals surface area contributed by atoms with Gasteiger partial charge in [0, 0.05) is 5.56 Å². The van der Waals surface area contributed by atoms with Crippen molar-refractivity contribution < 1.29 is 14.3 Å². The van der Waals surface area contributed by atoms with Crippen molar-refractivity contribution >= 4 is 0 Å². The van der Waals surface area contributed by atoms with E-state index < -0.39 is 6.10 Å². The standard InChI is InChI=1S/C27H40NO2/c1-22-14-15-26(25(18-22)27(2,3)4)30-21-24(29)20-28(16-10-5-6-11-17-28)19-23-12-8-7-9-13-23/h7-9,12-15,18,24,29H,5-6,10-11,16-17,19-21H2,1-4H3/q+1/t24-/m0/s1. The summed E-state index contributed by atoms with van der Waals surface area (Å²) < 4.78 is 7.16. The van der Waals surface area contributed by atoms with Crippen molar-refractivity contribution in [2.45, 2.75) is 71.4 Å². The maximum absolute atomic E-state index is 11.0. The van der Waals surface area contributed by atoms with E-state index in [2.05, 4.69) is 76.2 Å². The van der Waals surface area contributed by atoms with Crippen LogP contribution in [0, 0.1) is 6.92 Å². The predicted octanol–water partition coefficient (Wildman–Crippen LogP) is 5.62. The zero-order valence-electron chi connectivity index (χ0n) is 19.4. The van der Waals surface area contributed by atoms with Gasteiger partial charge in [0.2, 0.25) is 0 Å². The topological polar surface area (TPSA) is 29.5 Å². The van der Waals surface area contributed by atoms with Crippen molar-refractivity contribution in [2.75, 3.05) is 26.2 Å². The fourth-order valence-corrected chi connectivity index (χ4v) is 4.78. The third-order valence-corrected chi connectivity index (χ3v) is 6.35. The Hall–Kier alpha value is -1.84. The summed E-state index contributed by atoms with van der Waals surface area (Å²) >= 11 is 0. The second-order valence-corrected chi connectivity index (χ2v) is 10.2. The normalized spacial score (nSPS) is 17.9. The monoisotopic (exact) mass is 410 g/mol. The van der Waals surface area contributed by atoms with E-state index in [9.17, 15) is 5.11 Å². The summed E-state index contributed by atoms with van der Waals surface area (Å²) in [5.74, 6) is 0.901. The smallest absolute Gasteiger partial charge is 0.137 e. The molecule has 1 aliphatic rings. The summed E-state index contributed by atoms with van der Waals surface area (Å²) in [5, 5.41) is 11.0. The highest BCUT2D eigenvalue weighted by atomic mass is 16.5. The van der Waals surface area contributed by atoms with Crippen molar-refractivity contribution in [3.8, 4) is 5.75 Å². The number of likely N-dealkylation sites (tertiary alicyclic amines) is 1. The van der Waals surface area contributed by atoms with Crippen LogP contribution in [-0.4, -0.2) is 41.9 Å². The predicted molar refractivity (Wildman–Crippen MR) is 125 cm³/mol. The van der Waals surface area contributed by atoms with Crippen LogP contribution in [0.5, 0.6) is 5.75 Å². The van der Waals surface area contributed by atoms with Crippen LogP contribution >= 0.6 is 0 Å². The van der Waals surface area contributed by atoms with Gasteiger partial charge in [-0.2, -0.15) is 0 Å². The highest BCUT2D eigenvalue weighted by Crippen LogP contribution is 2.32. The summed E-state index contributed by atoms with van der Waals surface area (Å²) in [6.45, 7) is 13.1. The number of nitrogens with zero attached hydrogens (tertiary/aromatic N) is 1. The van der Waals surface area contributed by atoms with E-state index in [0.717, 1.165) is 36.4 Å². The number of aliphatic hydroxyl groups is 1. The van der Waals surface area contributed by atoms with Gasteiger partial charge in [-0.05, 0) is 49.7 Å². The minimum absolute atomic E-state index is 0.0121. The van der Waals surface area contributed by atoms with Crippen LogP contribution in [0.3, 0.4) is 0 Å². The summed E-state index contributed by atoms with van der Waals surface area (Å²) in [6.07, 6.45) is 4.62. The highest BCUT2D eigenvalue weighted by Gasteiger charge is 2.32. The Morgan fingerprint density at radius 3 is 2.27 bits per heavy atom. The molecule has 3 heteroatoms. The number of hydrogen-bond donors (Lipinski definition) is 1. The summed E-state index contributed by atoms with van der Waals surface area (Å²) in [5.41, 5.74) is 3.82. The zero-order chi connectivity index (χ0) is 21.6. The van der Waals surface area contributed by atoms with Gasteiger partial charge in [-0.25, -0.2) is 0 Å². The summed E-state index contributed by atoms with van der Waals surface area (Å²) in [7, 11) is 0. The Bertz CT molecular complexity index is 786. The first-order valence-electron chi connectivity index (χ1n) is 11.6. The lowest BCUT2D eigenvalue weighted by molar-refractivity contribution is -0.942. The number of rotatable bonds is 7. The first-order chi connectivity index (χ1) is 14.3. The van der Waals surface area contributed by atoms with E-state index in [1.807, 2.05) is 0 Å². The third-order valence-electron chi connectivity index (χ3n) is 6.35. The maximum atomic E-state index is 11.0. The molecule has 1 heterocycles. The van der Waals surface area contributed by atoms with E-state index in [1.165, 1.54) is 42.4 Å². The summed E-state index contributed by atoms with van der Waals surface area (Å²) in [6, 6.07) is 17.1. The van der Waals surface area contributed by atoms with Crippen LogP contribution in [-0.2, 0) is 12.0 Å². The number of hydrogen-bond acceptors (Lipinski definition) is 2. The average molecular weight is 411 g/mol. The van der Waals surface area contributed by atoms with Crippen LogP contribution in [0.1, 0.15) is 63.1 Å². The Morgan fingerprint density at radius 2 is 1.63 bits per heavy atom. The number of ether oxygens (including phenoxy) is 1. The number of aliphatic hydroxyl groups excluding tert-OH is 1. The van der Waals surface area contributed by atoms with Crippen LogP contribution in [0.15, 0.2) is 48.5 Å². The van der Waals surface area contributed by atoms with Gasteiger partial charge in [0.25, 0.3) is 0 Å². The van der Waals surface area contributed by atoms with E-state index in [0.29, 0.717) is 6.61 Å². The fourth-order valence-electron chi connectivity index (χ4n) is 4.78. The van der Waals surface area contributed by atoms with Crippen molar-refractivity contribution in [3.63, 3.8) is 0 Å². The molecular formula is C27H40NO2+. The molecule has 2 aromatic carbocycles. The molecule has 1 saturated heterocycles. The Morgan fingerprint density at radius 1 is 0.967 bits per heavy atom. The molecule has 3 rings (SSSR count). The number of benzene rings is 2. The Balaban J connectivity index is 1.70. The van der Waals surface area contributed by atoms with Crippen LogP contribution < -0.4 is 4.74 Å². The number of quaternary nitrogens is 1. The quantitative estimate of drug-likeness (QED) is 0.600. The second-order valence-electron chi connectivity index (χ2n) is 10.2. The fraction of sp³-hybridized carbons (Fsp3) is 0.556. The lowest BCUT2D eigenvalue weighted by atomic mass is 9.85. The van der Waals surface area contributed by atoms with E-state index in [-0.39, 0.29) is 5.41 Å². The molecule has 1 aliphatic heterocycles. The molecule has 1 N–H and O–H groups in total. The Kier molecular flexibility index (Phi) is 7.60. The third kappa shape index (κ3) is 6.33. The lowest BCUT2D eigenvalue weighted by Gasteiger charge is -2.39. The molecule has 1 fully saturated rings. The maximum Gasteiger partial charge on any atom is 0.137 e. The minimum atomic E-state index is -0.471. The molecule has 164 valence electrons. The molecule has 1 atom stereocenters. The molecule has 0 aromatic heterocycles. The molecule has 2 aromatic rings. The molecule has 0 spiro atoms. The SMILES string of the molecule is Cc1ccc(OC[C@@H](O)C[N+]2(Cc3ccccc3)CCCCCC2)c(C(C)(C)C)c1. The van der Waals surface area contributed by atoms with Crippen LogP contribution in [0.25, 0.3) is 0 Å². The molecule has 0 bridgehead atoms. The van der Waals surface area contributed by atoms with Gasteiger partial charge < -0.3 is 14.3 Å². The van der Waals surface area contributed by atoms with Crippen molar-refractivity contribution in [1.29, 1.82) is 0 Å². The first-order valence-corrected chi connectivity index (χ1v) is 11.6. The van der Waals surface area contributed by atoms with E-state index in [4.69, 9.17) is 4.74 Å². The summed E-state index contributed by atoms with van der Waals surface area (Å²) in [4.78, 5) is 0. The molecule has 0 radical (unpaired) electrons. The Labute approximate surface area is 183 Å². The number of aryl methyl sites for hydroxylation is 1. The van der Waals surface area contributed by atoms with Crippen molar-refractivity contribution in [3.05, 3.63) is 65.2 Å². The van der Waals surface area contributed by atoms with Gasteiger partial charge in [-0.1, -0.05) is 68.8 Å².